The minimum Gasteiger partial charge on any atom is -0.462 e. The molecule has 1 saturated carbocycles. The summed E-state index contributed by atoms with van der Waals surface area (Å²) in [6.45, 7) is 0.565. The molecule has 5 heteroatoms. The molecule has 0 bridgehead atoms. The summed E-state index contributed by atoms with van der Waals surface area (Å²) in [5.41, 5.74) is 10.4. The lowest BCUT2D eigenvalue weighted by Crippen LogP contribution is -2.44. The number of benzene rings is 1. The first-order valence-corrected chi connectivity index (χ1v) is 9.12. The zero-order valence-electron chi connectivity index (χ0n) is 14.2. The van der Waals surface area contributed by atoms with E-state index >= 15 is 0 Å². The van der Waals surface area contributed by atoms with Crippen molar-refractivity contribution in [3.05, 3.63) is 47.7 Å². The van der Waals surface area contributed by atoms with Gasteiger partial charge in [-0.2, -0.15) is 10.2 Å². The fourth-order valence-electron chi connectivity index (χ4n) is 5.19. The summed E-state index contributed by atoms with van der Waals surface area (Å²) >= 11 is 0. The lowest BCUT2D eigenvalue weighted by molar-refractivity contribution is 0.0617. The zero-order chi connectivity index (χ0) is 16.9. The van der Waals surface area contributed by atoms with Crippen molar-refractivity contribution in [2.75, 3.05) is 6.61 Å². The molecule has 2 aliphatic carbocycles. The van der Waals surface area contributed by atoms with Gasteiger partial charge in [-0.25, -0.2) is 4.99 Å². The predicted molar refractivity (Wildman–Crippen MR) is 95.9 cm³/mol. The fraction of sp³-hybridized carbons (Fsp3) is 0.450. The van der Waals surface area contributed by atoms with Crippen molar-refractivity contribution in [2.45, 2.75) is 44.1 Å². The van der Waals surface area contributed by atoms with Crippen LogP contribution in [0.2, 0.25) is 0 Å². The van der Waals surface area contributed by atoms with E-state index < -0.39 is 0 Å². The van der Waals surface area contributed by atoms with Gasteiger partial charge >= 0.3 is 0 Å². The van der Waals surface area contributed by atoms with E-state index in [0.29, 0.717) is 12.6 Å². The first-order chi connectivity index (χ1) is 12.2. The Morgan fingerprint density at radius 3 is 2.68 bits per heavy atom. The van der Waals surface area contributed by atoms with Gasteiger partial charge in [0.25, 0.3) is 6.02 Å². The summed E-state index contributed by atoms with van der Waals surface area (Å²) in [6, 6.07) is 10.9. The fourth-order valence-corrected chi connectivity index (χ4v) is 5.19. The minimum absolute atomic E-state index is 0.149. The molecule has 2 heterocycles. The largest absolute Gasteiger partial charge is 0.462 e. The topological polar surface area (TPSA) is 73.4 Å². The number of nitrogens with zero attached hydrogens (tertiary/aromatic N) is 3. The van der Waals surface area contributed by atoms with E-state index in [-0.39, 0.29) is 11.0 Å². The van der Waals surface area contributed by atoms with E-state index in [1.807, 2.05) is 12.1 Å². The highest BCUT2D eigenvalue weighted by molar-refractivity contribution is 5.75. The molecular weight excluding hydrogens is 312 g/mol. The molecule has 2 N–H and O–H groups in total. The van der Waals surface area contributed by atoms with Crippen LogP contribution in [0.25, 0.3) is 11.3 Å². The molecule has 1 fully saturated rings. The smallest absolute Gasteiger partial charge is 0.283 e. The average Bonchev–Trinajstić information content (AvgIpc) is 3.17. The molecule has 2 aromatic rings. The third-order valence-corrected chi connectivity index (χ3v) is 6.37. The van der Waals surface area contributed by atoms with Crippen molar-refractivity contribution < 1.29 is 4.74 Å². The van der Waals surface area contributed by atoms with Gasteiger partial charge in [0.15, 0.2) is 0 Å². The van der Waals surface area contributed by atoms with Crippen LogP contribution in [0.1, 0.15) is 43.2 Å². The van der Waals surface area contributed by atoms with Crippen LogP contribution < -0.4 is 5.73 Å². The van der Waals surface area contributed by atoms with E-state index in [9.17, 15) is 0 Å². The Labute approximate surface area is 147 Å². The van der Waals surface area contributed by atoms with Gasteiger partial charge in [0.1, 0.15) is 12.1 Å². The van der Waals surface area contributed by atoms with Gasteiger partial charge < -0.3 is 10.5 Å². The molecule has 1 atom stereocenters. The second-order valence-electron chi connectivity index (χ2n) is 7.60. The zero-order valence-corrected chi connectivity index (χ0v) is 14.2. The highest BCUT2D eigenvalue weighted by Gasteiger charge is 2.60. The van der Waals surface area contributed by atoms with Crippen LogP contribution in [0.4, 0.5) is 0 Å². The Balaban J connectivity index is 1.67. The molecule has 5 rings (SSSR count). The Hall–Kier alpha value is -2.43. The van der Waals surface area contributed by atoms with Gasteiger partial charge in [-0.1, -0.05) is 31.4 Å². The first-order valence-electron chi connectivity index (χ1n) is 9.12. The lowest BCUT2D eigenvalue weighted by atomic mass is 9.62. The lowest BCUT2D eigenvalue weighted by Gasteiger charge is -2.43. The van der Waals surface area contributed by atoms with Crippen molar-refractivity contribution in [3.8, 4) is 11.3 Å². The predicted octanol–water partition coefficient (Wildman–Crippen LogP) is 3.19. The summed E-state index contributed by atoms with van der Waals surface area (Å²) in [5, 5.41) is 8.28. The molecule has 1 aromatic carbocycles. The van der Waals surface area contributed by atoms with Crippen LogP contribution in [-0.4, -0.2) is 22.8 Å². The van der Waals surface area contributed by atoms with Crippen molar-refractivity contribution in [3.63, 3.8) is 0 Å². The molecule has 0 amide bonds. The van der Waals surface area contributed by atoms with E-state index in [2.05, 4.69) is 28.4 Å². The van der Waals surface area contributed by atoms with Gasteiger partial charge in [0.2, 0.25) is 0 Å². The average molecular weight is 334 g/mol. The standard InChI is InChI=1S/C20H22N4O/c21-18-23-20(13-25-18)16-11-14(17-5-4-10-22-24-17)6-7-15(16)12-19(20)8-2-1-3-9-19/h4-7,10-11H,1-3,8-9,12-13H2,(H2,21,23). The number of nitrogens with two attached hydrogens (primary N) is 1. The van der Waals surface area contributed by atoms with Gasteiger partial charge in [-0.05, 0) is 48.6 Å². The Bertz CT molecular complexity index is 842. The molecular formula is C20H22N4O. The third-order valence-electron chi connectivity index (χ3n) is 6.37. The third kappa shape index (κ3) is 2.04. The van der Waals surface area contributed by atoms with Crippen molar-refractivity contribution >= 4 is 6.02 Å². The van der Waals surface area contributed by atoms with Crippen LogP contribution >= 0.6 is 0 Å². The SMILES string of the molecule is NC1=NC2(CO1)c1cc(-c3cccnn3)ccc1CC21CCCCC1. The number of fused-ring (bicyclic) bond motifs is 3. The quantitative estimate of drug-likeness (QED) is 0.869. The van der Waals surface area contributed by atoms with Gasteiger partial charge in [0, 0.05) is 17.2 Å². The van der Waals surface area contributed by atoms with Crippen molar-refractivity contribution in [1.82, 2.24) is 10.2 Å². The maximum absolute atomic E-state index is 5.99. The Kier molecular flexibility index (Phi) is 3.14. The Morgan fingerprint density at radius 2 is 1.96 bits per heavy atom. The van der Waals surface area contributed by atoms with Crippen LogP contribution in [-0.2, 0) is 16.7 Å². The maximum atomic E-state index is 5.99. The number of ether oxygens (including phenoxy) is 1. The molecule has 0 radical (unpaired) electrons. The van der Waals surface area contributed by atoms with Crippen LogP contribution in [0.5, 0.6) is 0 Å². The van der Waals surface area contributed by atoms with Gasteiger partial charge in [-0.15, -0.1) is 0 Å². The van der Waals surface area contributed by atoms with Gasteiger partial charge in [-0.3, -0.25) is 0 Å². The molecule has 3 aliphatic rings. The number of hydrogen-bond acceptors (Lipinski definition) is 5. The normalized spacial score (nSPS) is 26.5. The second kappa shape index (κ2) is 5.28. The van der Waals surface area contributed by atoms with E-state index in [4.69, 9.17) is 15.5 Å². The number of amidine groups is 1. The van der Waals surface area contributed by atoms with Crippen LogP contribution in [0.15, 0.2) is 41.5 Å². The minimum atomic E-state index is -0.328. The molecule has 0 saturated heterocycles. The maximum Gasteiger partial charge on any atom is 0.283 e. The summed E-state index contributed by atoms with van der Waals surface area (Å²) < 4.78 is 5.72. The van der Waals surface area contributed by atoms with Gasteiger partial charge in [0.05, 0.1) is 5.69 Å². The van der Waals surface area contributed by atoms with Crippen molar-refractivity contribution in [1.29, 1.82) is 0 Å². The van der Waals surface area contributed by atoms with Crippen molar-refractivity contribution in [2.24, 2.45) is 16.1 Å². The molecule has 1 aliphatic heterocycles. The highest BCUT2D eigenvalue weighted by atomic mass is 16.5. The highest BCUT2D eigenvalue weighted by Crippen LogP contribution is 2.61. The first kappa shape index (κ1) is 14.9. The number of hydrogen-bond donors (Lipinski definition) is 1. The monoisotopic (exact) mass is 334 g/mol. The molecule has 1 aromatic heterocycles. The molecule has 1 unspecified atom stereocenters. The summed E-state index contributed by atoms with van der Waals surface area (Å²) in [5.74, 6) is 0. The molecule has 128 valence electrons. The van der Waals surface area contributed by atoms with Crippen LogP contribution in [0, 0.1) is 5.41 Å². The number of aliphatic imine (C=N–C) groups is 1. The Morgan fingerprint density at radius 1 is 1.08 bits per heavy atom. The van der Waals surface area contributed by atoms with Crippen LogP contribution in [0.3, 0.4) is 0 Å². The molecule has 5 nitrogen and oxygen atoms in total. The summed E-state index contributed by atoms with van der Waals surface area (Å²) in [4.78, 5) is 4.91. The molecule has 25 heavy (non-hydrogen) atoms. The van der Waals surface area contributed by atoms with E-state index in [1.165, 1.54) is 43.2 Å². The van der Waals surface area contributed by atoms with E-state index in [0.717, 1.165) is 17.7 Å². The number of aromatic nitrogens is 2. The van der Waals surface area contributed by atoms with E-state index in [1.54, 1.807) is 6.20 Å². The summed E-state index contributed by atoms with van der Waals surface area (Å²) in [6.07, 6.45) is 9.02. The summed E-state index contributed by atoms with van der Waals surface area (Å²) in [7, 11) is 0. The second-order valence-corrected chi connectivity index (χ2v) is 7.60. The number of rotatable bonds is 1. The molecule has 2 spiro atoms.